The first-order valence-electron chi connectivity index (χ1n) is 10.4. The summed E-state index contributed by atoms with van der Waals surface area (Å²) in [4.78, 5) is 27.6. The van der Waals surface area contributed by atoms with Gasteiger partial charge in [0, 0.05) is 25.2 Å². The van der Waals surface area contributed by atoms with Crippen LogP contribution in [0.1, 0.15) is 45.1 Å². The maximum atomic E-state index is 13.4. The first-order valence-corrected chi connectivity index (χ1v) is 10.4. The summed E-state index contributed by atoms with van der Waals surface area (Å²) in [6.07, 6.45) is 3.98. The Morgan fingerprint density at radius 2 is 2.00 bits per heavy atom. The third kappa shape index (κ3) is 5.43. The number of piperidine rings is 1. The van der Waals surface area contributed by atoms with Crippen molar-refractivity contribution in [3.8, 4) is 5.75 Å². The zero-order valence-electron chi connectivity index (χ0n) is 17.7. The van der Waals surface area contributed by atoms with Crippen LogP contribution in [0.15, 0.2) is 24.3 Å². The van der Waals surface area contributed by atoms with E-state index in [0.717, 1.165) is 50.1 Å². The fourth-order valence-electron chi connectivity index (χ4n) is 4.36. The molecule has 0 saturated carbocycles. The van der Waals surface area contributed by atoms with E-state index in [9.17, 15) is 9.59 Å². The van der Waals surface area contributed by atoms with Crippen molar-refractivity contribution >= 4 is 24.2 Å². The fraction of sp³-hybridized carbons (Fsp3) is 0.636. The first-order chi connectivity index (χ1) is 13.4. The lowest BCUT2D eigenvalue weighted by molar-refractivity contribution is -0.138. The van der Waals surface area contributed by atoms with Crippen LogP contribution >= 0.6 is 12.4 Å². The van der Waals surface area contributed by atoms with E-state index in [-0.39, 0.29) is 30.3 Å². The molecule has 0 aliphatic carbocycles. The van der Waals surface area contributed by atoms with Crippen LogP contribution in [-0.4, -0.2) is 56.0 Å². The molecule has 6 nitrogen and oxygen atoms in total. The van der Waals surface area contributed by atoms with Gasteiger partial charge in [0.05, 0.1) is 18.6 Å². The number of amides is 2. The Hall–Kier alpha value is -1.79. The van der Waals surface area contributed by atoms with Crippen molar-refractivity contribution in [3.05, 3.63) is 29.8 Å². The van der Waals surface area contributed by atoms with Crippen LogP contribution < -0.4 is 15.4 Å². The summed E-state index contributed by atoms with van der Waals surface area (Å²) < 4.78 is 5.48. The van der Waals surface area contributed by atoms with Gasteiger partial charge in [-0.25, -0.2) is 0 Å². The molecular weight excluding hydrogens is 390 g/mol. The summed E-state index contributed by atoms with van der Waals surface area (Å²) >= 11 is 0. The van der Waals surface area contributed by atoms with E-state index in [4.69, 9.17) is 4.74 Å². The van der Waals surface area contributed by atoms with Crippen LogP contribution in [0, 0.1) is 5.92 Å². The third-order valence-electron chi connectivity index (χ3n) is 6.06. The van der Waals surface area contributed by atoms with E-state index < -0.39 is 5.41 Å². The molecule has 0 radical (unpaired) electrons. The van der Waals surface area contributed by atoms with Crippen molar-refractivity contribution in [1.82, 2.24) is 15.5 Å². The van der Waals surface area contributed by atoms with Gasteiger partial charge in [0.1, 0.15) is 5.75 Å². The first kappa shape index (κ1) is 23.5. The quantitative estimate of drug-likeness (QED) is 0.737. The molecule has 3 rings (SSSR count). The standard InChI is InChI=1S/C22H33N3O3.ClH/c1-22(2,17-9-4-5-11-19(17)28-3)21(27)25-13-7-8-16(15-25)14-24-20(26)18-10-6-12-23-18;/h4-5,9,11,16,18,23H,6-8,10,12-15H2,1-3H3,(H,24,26);1H. The van der Waals surface area contributed by atoms with Gasteiger partial charge in [-0.15, -0.1) is 12.4 Å². The topological polar surface area (TPSA) is 70.7 Å². The lowest BCUT2D eigenvalue weighted by atomic mass is 9.81. The number of nitrogens with one attached hydrogen (secondary N) is 2. The fourth-order valence-corrected chi connectivity index (χ4v) is 4.36. The summed E-state index contributed by atoms with van der Waals surface area (Å²) in [6.45, 7) is 6.94. The zero-order valence-corrected chi connectivity index (χ0v) is 18.5. The predicted molar refractivity (Wildman–Crippen MR) is 117 cm³/mol. The molecule has 2 heterocycles. The number of para-hydroxylation sites is 1. The number of nitrogens with zero attached hydrogens (tertiary/aromatic N) is 1. The van der Waals surface area contributed by atoms with Crippen molar-refractivity contribution in [2.45, 2.75) is 51.0 Å². The van der Waals surface area contributed by atoms with Gasteiger partial charge in [-0.1, -0.05) is 18.2 Å². The van der Waals surface area contributed by atoms with E-state index in [0.29, 0.717) is 19.0 Å². The molecule has 2 amide bonds. The molecule has 0 aromatic heterocycles. The van der Waals surface area contributed by atoms with E-state index in [1.165, 1.54) is 0 Å². The largest absolute Gasteiger partial charge is 0.496 e. The highest BCUT2D eigenvalue weighted by Gasteiger charge is 2.37. The summed E-state index contributed by atoms with van der Waals surface area (Å²) in [7, 11) is 1.64. The maximum Gasteiger partial charge on any atom is 0.237 e. The number of hydrogen-bond donors (Lipinski definition) is 2. The van der Waals surface area contributed by atoms with Gasteiger partial charge in [-0.3, -0.25) is 9.59 Å². The number of carbonyl (C=O) groups excluding carboxylic acids is 2. The zero-order chi connectivity index (χ0) is 20.1. The predicted octanol–water partition coefficient (Wildman–Crippen LogP) is 2.50. The molecule has 2 fully saturated rings. The summed E-state index contributed by atoms with van der Waals surface area (Å²) in [5.74, 6) is 1.25. The van der Waals surface area contributed by atoms with Gasteiger partial charge in [-0.2, -0.15) is 0 Å². The third-order valence-corrected chi connectivity index (χ3v) is 6.06. The highest BCUT2D eigenvalue weighted by atomic mass is 35.5. The lowest BCUT2D eigenvalue weighted by Gasteiger charge is -2.38. The van der Waals surface area contributed by atoms with Crippen LogP contribution in [0.3, 0.4) is 0 Å². The Kier molecular flexibility index (Phi) is 8.34. The molecule has 1 aromatic rings. The molecule has 0 bridgehead atoms. The Morgan fingerprint density at radius 3 is 2.69 bits per heavy atom. The van der Waals surface area contributed by atoms with Gasteiger partial charge < -0.3 is 20.3 Å². The van der Waals surface area contributed by atoms with Crippen molar-refractivity contribution in [3.63, 3.8) is 0 Å². The van der Waals surface area contributed by atoms with Crippen molar-refractivity contribution < 1.29 is 14.3 Å². The molecule has 2 N–H and O–H groups in total. The second-order valence-electron chi connectivity index (χ2n) is 8.48. The Labute approximate surface area is 180 Å². The smallest absolute Gasteiger partial charge is 0.237 e. The average Bonchev–Trinajstić information content (AvgIpc) is 3.26. The highest BCUT2D eigenvalue weighted by Crippen LogP contribution is 2.34. The number of carbonyl (C=O) groups is 2. The molecule has 0 spiro atoms. The number of halogens is 1. The van der Waals surface area contributed by atoms with Crippen LogP contribution in [0.4, 0.5) is 0 Å². The van der Waals surface area contributed by atoms with Crippen molar-refractivity contribution in [1.29, 1.82) is 0 Å². The highest BCUT2D eigenvalue weighted by molar-refractivity contribution is 5.88. The molecule has 2 aliphatic rings. The molecule has 29 heavy (non-hydrogen) atoms. The van der Waals surface area contributed by atoms with E-state index in [1.54, 1.807) is 7.11 Å². The number of ether oxygens (including phenoxy) is 1. The van der Waals surface area contributed by atoms with E-state index in [2.05, 4.69) is 10.6 Å². The molecule has 2 aliphatic heterocycles. The van der Waals surface area contributed by atoms with Gasteiger partial charge >= 0.3 is 0 Å². The normalized spacial score (nSPS) is 22.0. The summed E-state index contributed by atoms with van der Waals surface area (Å²) in [5, 5.41) is 6.31. The molecule has 7 heteroatoms. The van der Waals surface area contributed by atoms with Crippen molar-refractivity contribution in [2.75, 3.05) is 33.3 Å². The Balaban J connectivity index is 0.00000300. The maximum absolute atomic E-state index is 13.4. The number of methoxy groups -OCH3 is 1. The van der Waals surface area contributed by atoms with Gasteiger partial charge in [0.25, 0.3) is 0 Å². The lowest BCUT2D eigenvalue weighted by Crippen LogP contribution is -2.50. The molecule has 162 valence electrons. The minimum atomic E-state index is -0.661. The van der Waals surface area contributed by atoms with Crippen LogP contribution in [0.25, 0.3) is 0 Å². The molecular formula is C22H34ClN3O3. The van der Waals surface area contributed by atoms with Crippen LogP contribution in [-0.2, 0) is 15.0 Å². The van der Waals surface area contributed by atoms with E-state index >= 15 is 0 Å². The molecule has 1 aromatic carbocycles. The average molecular weight is 424 g/mol. The van der Waals surface area contributed by atoms with Crippen LogP contribution in [0.5, 0.6) is 5.75 Å². The van der Waals surface area contributed by atoms with Gasteiger partial charge in [0.15, 0.2) is 0 Å². The molecule has 2 atom stereocenters. The SMILES string of the molecule is COc1ccccc1C(C)(C)C(=O)N1CCCC(CNC(=O)C2CCCN2)C1.Cl. The van der Waals surface area contributed by atoms with Gasteiger partial charge in [0.2, 0.25) is 11.8 Å². The summed E-state index contributed by atoms with van der Waals surface area (Å²) in [5.41, 5.74) is 0.246. The monoisotopic (exact) mass is 423 g/mol. The van der Waals surface area contributed by atoms with Gasteiger partial charge in [-0.05, 0) is 58.1 Å². The Morgan fingerprint density at radius 1 is 1.24 bits per heavy atom. The minimum Gasteiger partial charge on any atom is -0.496 e. The Bertz CT molecular complexity index is 704. The number of benzene rings is 1. The second-order valence-corrected chi connectivity index (χ2v) is 8.48. The second kappa shape index (κ2) is 10.3. The van der Waals surface area contributed by atoms with E-state index in [1.807, 2.05) is 43.0 Å². The molecule has 2 unspecified atom stereocenters. The molecule has 2 saturated heterocycles. The number of likely N-dealkylation sites (tertiary alicyclic amines) is 1. The number of hydrogen-bond acceptors (Lipinski definition) is 4. The minimum absolute atomic E-state index is 0. The number of rotatable bonds is 6. The van der Waals surface area contributed by atoms with Crippen molar-refractivity contribution in [2.24, 2.45) is 5.92 Å². The van der Waals surface area contributed by atoms with Crippen LogP contribution in [0.2, 0.25) is 0 Å². The summed E-state index contributed by atoms with van der Waals surface area (Å²) in [6, 6.07) is 7.68.